The van der Waals surface area contributed by atoms with Gasteiger partial charge in [-0.15, -0.1) is 0 Å². The van der Waals surface area contributed by atoms with Gasteiger partial charge < -0.3 is 5.48 Å². The molecule has 8 heavy (non-hydrogen) atoms. The molecule has 0 aromatic heterocycles. The Balaban J connectivity index is -0.000000125. The molecule has 0 spiro atoms. The van der Waals surface area contributed by atoms with Gasteiger partial charge in [0, 0.05) is 0 Å². The molecule has 0 heterocycles. The van der Waals surface area contributed by atoms with Gasteiger partial charge in [-0.05, 0) is 0 Å². The zero-order valence-electron chi connectivity index (χ0n) is 3.16. The molecule has 0 fully saturated rings. The number of hydrogen-bond donors (Lipinski definition) is 0. The fraction of sp³-hybridized carbons (Fsp3) is 0. The second-order valence-electron chi connectivity index (χ2n) is 0.425. The number of nitrogens with zero attached hydrogens (tertiary/aromatic N) is 1. The van der Waals surface area contributed by atoms with Crippen molar-refractivity contribution in [3.63, 3.8) is 0 Å². The molecule has 0 amide bonds. The topological polar surface area (TPSA) is 101 Å². The number of hydrogen-bond acceptors (Lipinski definition) is 4. The van der Waals surface area contributed by atoms with Gasteiger partial charge in [0.1, 0.15) is 0 Å². The predicted octanol–water partition coefficient (Wildman–Crippen LogP) is -2.58. The molecule has 0 bridgehead atoms. The Morgan fingerprint density at radius 3 is 2.00 bits per heavy atom. The second-order valence-corrected chi connectivity index (χ2v) is 0.829. The van der Waals surface area contributed by atoms with E-state index in [1.165, 1.54) is 0 Å². The van der Waals surface area contributed by atoms with Gasteiger partial charge in [-0.25, -0.2) is 0 Å². The molecule has 6 nitrogen and oxygen atoms in total. The minimum atomic E-state index is -1.70. The van der Waals surface area contributed by atoms with E-state index in [9.17, 15) is 0 Å². The molecule has 44 valence electrons. The van der Waals surface area contributed by atoms with Crippen LogP contribution in [0.2, 0.25) is 0 Å². The summed E-state index contributed by atoms with van der Waals surface area (Å²) in [6, 6.07) is 0. The van der Waals surface area contributed by atoms with E-state index in [0.29, 0.717) is 0 Å². The fourth-order valence-electron chi connectivity index (χ4n) is 0.0351. The first kappa shape index (κ1) is 15.9. The molecule has 0 aromatic rings. The maximum atomic E-state index is 9.16. The average Bonchev–Trinajstić information content (AvgIpc) is 1.35. The molecular weight excluding hydrogens is 161 g/mol. The van der Waals surface area contributed by atoms with Crippen LogP contribution in [-0.2, 0) is 7.69 Å². The van der Waals surface area contributed by atoms with E-state index in [1.807, 2.05) is 0 Å². The van der Waals surface area contributed by atoms with Crippen molar-refractivity contribution in [2.75, 3.05) is 0 Å². The third kappa shape index (κ3) is 15.9. The Bertz CT molecular complexity index is 72.8. The summed E-state index contributed by atoms with van der Waals surface area (Å²) in [5.74, 6) is 0. The van der Waals surface area contributed by atoms with E-state index in [2.05, 4.69) is 3.89 Å². The summed E-state index contributed by atoms with van der Waals surface area (Å²) in [7, 11) is 0. The zero-order valence-corrected chi connectivity index (χ0v) is 4.31. The molecule has 0 saturated heterocycles. The third-order valence-electron chi connectivity index (χ3n) is 0.129. The maximum absolute atomic E-state index is 9.16. The Morgan fingerprint density at radius 2 is 2.00 bits per heavy atom. The molecule has 0 aromatic carbocycles. The molecule has 0 saturated carbocycles. The van der Waals surface area contributed by atoms with E-state index in [-0.39, 0.29) is 43.2 Å². The minimum absolute atomic E-state index is 0. The van der Waals surface area contributed by atoms with Crippen LogP contribution in [-0.4, -0.2) is 63.8 Å². The van der Waals surface area contributed by atoms with Crippen molar-refractivity contribution < 1.29 is 18.3 Å². The summed E-state index contributed by atoms with van der Waals surface area (Å²) in [6.45, 7) is 0. The van der Waals surface area contributed by atoms with Crippen molar-refractivity contribution in [2.45, 2.75) is 0 Å². The molecule has 0 aliphatic heterocycles. The van der Waals surface area contributed by atoms with Crippen molar-refractivity contribution in [1.82, 2.24) is 0 Å². The van der Waals surface area contributed by atoms with Crippen LogP contribution >= 0.6 is 0 Å². The summed E-state index contributed by atoms with van der Waals surface area (Å²) >= 11 is -1.70. The predicted molar refractivity (Wildman–Crippen MR) is 26.7 cm³/mol. The van der Waals surface area contributed by atoms with Crippen LogP contribution in [0.25, 0.3) is 0 Å². The first-order valence-corrected chi connectivity index (χ1v) is 1.96. The summed E-state index contributed by atoms with van der Waals surface area (Å²) in [4.78, 5) is 9.00. The van der Waals surface area contributed by atoms with E-state index >= 15 is 0 Å². The van der Waals surface area contributed by atoms with Gasteiger partial charge in [-0.2, -0.15) is 0 Å². The second kappa shape index (κ2) is 10.7. The normalized spacial score (nSPS) is 4.50. The summed E-state index contributed by atoms with van der Waals surface area (Å²) in [6.07, 6.45) is 0. The van der Waals surface area contributed by atoms with Gasteiger partial charge in [0.2, 0.25) is 0 Å². The van der Waals surface area contributed by atoms with Crippen molar-refractivity contribution in [1.29, 1.82) is 0 Å². The Morgan fingerprint density at radius 1 is 1.62 bits per heavy atom. The summed E-state index contributed by atoms with van der Waals surface area (Å²) < 4.78 is 12.5. The van der Waals surface area contributed by atoms with Crippen molar-refractivity contribution >= 4 is 53.2 Å². The van der Waals surface area contributed by atoms with Crippen LogP contribution in [0.3, 0.4) is 0 Å². The van der Waals surface area contributed by atoms with Crippen LogP contribution in [0.1, 0.15) is 0 Å². The van der Waals surface area contributed by atoms with Crippen LogP contribution < -0.4 is 0 Å². The summed E-state index contributed by atoms with van der Waals surface area (Å²) in [5, 5.41) is 7.91. The van der Waals surface area contributed by atoms with Crippen molar-refractivity contribution in [3.05, 3.63) is 10.1 Å². The third-order valence-corrected chi connectivity index (χ3v) is 0.387. The molecule has 0 radical (unpaired) electrons. The Kier molecular flexibility index (Phi) is 21.2. The first-order chi connectivity index (χ1) is 2.77. The first-order valence-electron chi connectivity index (χ1n) is 1.02. The van der Waals surface area contributed by atoms with Crippen LogP contribution in [0, 0.1) is 10.1 Å². The molecule has 0 aliphatic rings. The van der Waals surface area contributed by atoms with Crippen molar-refractivity contribution in [3.8, 4) is 0 Å². The molecule has 0 aliphatic carbocycles. The average molecular weight is 165 g/mol. The molecule has 8 heteroatoms. The van der Waals surface area contributed by atoms with Gasteiger partial charge in [0.15, 0.2) is 0 Å². The SMILES string of the molecule is O.[CaH2].[O]=[Al][O][N+](=O)[O-]. The van der Waals surface area contributed by atoms with Crippen LogP contribution in [0.5, 0.6) is 0 Å². The van der Waals surface area contributed by atoms with Crippen molar-refractivity contribution in [2.24, 2.45) is 0 Å². The molecule has 0 unspecified atom stereocenters. The molecule has 0 atom stereocenters. The van der Waals surface area contributed by atoms with Crippen LogP contribution in [0.15, 0.2) is 0 Å². The van der Waals surface area contributed by atoms with Gasteiger partial charge in [-0.3, -0.25) is 0 Å². The molecular formula is H4AlCaNO5. The van der Waals surface area contributed by atoms with E-state index < -0.39 is 20.6 Å². The monoisotopic (exact) mass is 165 g/mol. The quantitative estimate of drug-likeness (QED) is 0.254. The Hall–Kier alpha value is 0.752. The standard InChI is InChI=1S/Al.Ca.NO3.H2O.O.2H/c;;2-1(3)4;;;;/h;;;1H2;;;/q+1;;-1;;;;. The van der Waals surface area contributed by atoms with Gasteiger partial charge in [0.05, 0.1) is 0 Å². The van der Waals surface area contributed by atoms with Gasteiger partial charge in [0.25, 0.3) is 0 Å². The van der Waals surface area contributed by atoms with E-state index in [1.54, 1.807) is 0 Å². The van der Waals surface area contributed by atoms with E-state index in [0.717, 1.165) is 0 Å². The number of rotatable bonds is 2. The van der Waals surface area contributed by atoms with E-state index in [4.69, 9.17) is 13.9 Å². The fourth-order valence-corrected chi connectivity index (χ4v) is 0.105. The van der Waals surface area contributed by atoms with Gasteiger partial charge in [-0.1, -0.05) is 0 Å². The van der Waals surface area contributed by atoms with Crippen LogP contribution in [0.4, 0.5) is 0 Å². The molecule has 2 N–H and O–H groups in total. The zero-order chi connectivity index (χ0) is 4.99. The molecule has 0 rings (SSSR count). The summed E-state index contributed by atoms with van der Waals surface area (Å²) in [5.41, 5.74) is 0. The Labute approximate surface area is 80.9 Å². The van der Waals surface area contributed by atoms with Gasteiger partial charge >= 0.3 is 76.1 Å².